The third kappa shape index (κ3) is 5.34. The number of nitrogens with zero attached hydrogens (tertiary/aromatic N) is 1. The number of rotatable bonds is 6. The van der Waals surface area contributed by atoms with Crippen molar-refractivity contribution in [2.45, 2.75) is 19.3 Å². The van der Waals surface area contributed by atoms with E-state index >= 15 is 0 Å². The number of hydrogen-bond donors (Lipinski definition) is 2. The number of morpholine rings is 1. The standard InChI is InChI=1S/C13H27N3O/c1-4-14-5-2-13(1)3-6-15-7-8-16-9-11-17-12-10-16/h13-15H,1-12H2. The summed E-state index contributed by atoms with van der Waals surface area (Å²) in [4.78, 5) is 2.49. The molecule has 0 bridgehead atoms. The van der Waals surface area contributed by atoms with Gasteiger partial charge in [0, 0.05) is 26.2 Å². The molecule has 0 aromatic carbocycles. The fourth-order valence-corrected chi connectivity index (χ4v) is 2.66. The van der Waals surface area contributed by atoms with Crippen LogP contribution in [-0.2, 0) is 4.74 Å². The molecule has 0 aromatic heterocycles. The van der Waals surface area contributed by atoms with E-state index < -0.39 is 0 Å². The minimum absolute atomic E-state index is 0.912. The molecule has 2 aliphatic heterocycles. The number of hydrogen-bond acceptors (Lipinski definition) is 4. The molecule has 0 unspecified atom stereocenters. The minimum Gasteiger partial charge on any atom is -0.379 e. The molecule has 0 aromatic rings. The molecule has 0 atom stereocenters. The van der Waals surface area contributed by atoms with Crippen molar-refractivity contribution in [1.29, 1.82) is 0 Å². The molecule has 0 spiro atoms. The third-order valence-electron chi connectivity index (χ3n) is 3.90. The molecule has 2 N–H and O–H groups in total. The Labute approximate surface area is 105 Å². The van der Waals surface area contributed by atoms with Gasteiger partial charge in [0.25, 0.3) is 0 Å². The van der Waals surface area contributed by atoms with E-state index in [2.05, 4.69) is 15.5 Å². The zero-order valence-corrected chi connectivity index (χ0v) is 10.9. The maximum absolute atomic E-state index is 5.34. The average Bonchev–Trinajstić information content (AvgIpc) is 2.41. The first kappa shape index (κ1) is 13.3. The Kier molecular flexibility index (Phi) is 6.27. The summed E-state index contributed by atoms with van der Waals surface area (Å²) in [6.45, 7) is 9.97. The number of nitrogens with one attached hydrogen (secondary N) is 2. The molecule has 0 saturated carbocycles. The molecule has 0 radical (unpaired) electrons. The second kappa shape index (κ2) is 8.03. The zero-order chi connectivity index (χ0) is 11.8. The van der Waals surface area contributed by atoms with E-state index in [1.54, 1.807) is 0 Å². The van der Waals surface area contributed by atoms with Crippen molar-refractivity contribution in [2.75, 3.05) is 59.0 Å². The van der Waals surface area contributed by atoms with Gasteiger partial charge in [-0.15, -0.1) is 0 Å². The Bertz CT molecular complexity index is 169. The van der Waals surface area contributed by atoms with E-state index in [9.17, 15) is 0 Å². The average molecular weight is 241 g/mol. The molecule has 0 aliphatic carbocycles. The van der Waals surface area contributed by atoms with E-state index in [0.29, 0.717) is 0 Å². The van der Waals surface area contributed by atoms with Gasteiger partial charge in [-0.2, -0.15) is 0 Å². The fraction of sp³-hybridized carbons (Fsp3) is 1.00. The van der Waals surface area contributed by atoms with Gasteiger partial charge >= 0.3 is 0 Å². The molecule has 2 rings (SSSR count). The summed E-state index contributed by atoms with van der Waals surface area (Å²) in [5.41, 5.74) is 0. The van der Waals surface area contributed by atoms with Crippen molar-refractivity contribution >= 4 is 0 Å². The van der Waals surface area contributed by atoms with Crippen LogP contribution in [0.15, 0.2) is 0 Å². The van der Waals surface area contributed by atoms with Gasteiger partial charge in [0.15, 0.2) is 0 Å². The molecule has 0 amide bonds. The predicted molar refractivity (Wildman–Crippen MR) is 70.3 cm³/mol. The molecule has 2 fully saturated rings. The lowest BCUT2D eigenvalue weighted by Crippen LogP contribution is -2.40. The quantitative estimate of drug-likeness (QED) is 0.656. The smallest absolute Gasteiger partial charge is 0.0594 e. The fourth-order valence-electron chi connectivity index (χ4n) is 2.66. The van der Waals surface area contributed by atoms with Crippen LogP contribution in [0.2, 0.25) is 0 Å². The molecule has 2 heterocycles. The van der Waals surface area contributed by atoms with E-state index in [4.69, 9.17) is 4.74 Å². The van der Waals surface area contributed by atoms with Gasteiger partial charge in [0.05, 0.1) is 13.2 Å². The lowest BCUT2D eigenvalue weighted by atomic mass is 9.95. The highest BCUT2D eigenvalue weighted by atomic mass is 16.5. The second-order valence-electron chi connectivity index (χ2n) is 5.19. The van der Waals surface area contributed by atoms with Gasteiger partial charge in [0.1, 0.15) is 0 Å². The predicted octanol–water partition coefficient (Wildman–Crippen LogP) is 0.298. The highest BCUT2D eigenvalue weighted by Gasteiger charge is 2.12. The van der Waals surface area contributed by atoms with Crippen LogP contribution in [0.25, 0.3) is 0 Å². The van der Waals surface area contributed by atoms with Crippen LogP contribution in [0.5, 0.6) is 0 Å². The summed E-state index contributed by atoms with van der Waals surface area (Å²) in [6, 6.07) is 0. The monoisotopic (exact) mass is 241 g/mol. The lowest BCUT2D eigenvalue weighted by molar-refractivity contribution is 0.0384. The zero-order valence-electron chi connectivity index (χ0n) is 10.9. The van der Waals surface area contributed by atoms with Crippen LogP contribution in [0.1, 0.15) is 19.3 Å². The van der Waals surface area contributed by atoms with Gasteiger partial charge in [-0.1, -0.05) is 0 Å². The van der Waals surface area contributed by atoms with Gasteiger partial charge in [0.2, 0.25) is 0 Å². The molecule has 4 heteroatoms. The molecular formula is C13H27N3O. The topological polar surface area (TPSA) is 36.5 Å². The van der Waals surface area contributed by atoms with Crippen LogP contribution in [0.3, 0.4) is 0 Å². The summed E-state index contributed by atoms with van der Waals surface area (Å²) < 4.78 is 5.34. The van der Waals surface area contributed by atoms with Crippen LogP contribution in [-0.4, -0.2) is 63.9 Å². The first-order valence-electron chi connectivity index (χ1n) is 7.16. The Morgan fingerprint density at radius 3 is 2.65 bits per heavy atom. The molecule has 100 valence electrons. The Hall–Kier alpha value is -0.160. The SMILES string of the molecule is C1CC(CCNCCN2CCOCC2)CCN1. The van der Waals surface area contributed by atoms with Crippen molar-refractivity contribution in [2.24, 2.45) is 5.92 Å². The van der Waals surface area contributed by atoms with E-state index in [0.717, 1.165) is 38.8 Å². The third-order valence-corrected chi connectivity index (χ3v) is 3.90. The van der Waals surface area contributed by atoms with Gasteiger partial charge in [-0.3, -0.25) is 4.90 Å². The molecule has 2 aliphatic rings. The van der Waals surface area contributed by atoms with Crippen LogP contribution in [0, 0.1) is 5.92 Å². The van der Waals surface area contributed by atoms with Crippen LogP contribution < -0.4 is 10.6 Å². The van der Waals surface area contributed by atoms with Crippen LogP contribution in [0.4, 0.5) is 0 Å². The summed E-state index contributed by atoms with van der Waals surface area (Å²) in [5, 5.41) is 7.00. The van der Waals surface area contributed by atoms with Crippen molar-refractivity contribution in [1.82, 2.24) is 15.5 Å². The van der Waals surface area contributed by atoms with Crippen molar-refractivity contribution in [3.8, 4) is 0 Å². The summed E-state index contributed by atoms with van der Waals surface area (Å²) in [7, 11) is 0. The highest BCUT2D eigenvalue weighted by molar-refractivity contribution is 4.70. The first-order chi connectivity index (χ1) is 8.45. The maximum Gasteiger partial charge on any atom is 0.0594 e. The van der Waals surface area contributed by atoms with Crippen molar-refractivity contribution in [3.05, 3.63) is 0 Å². The summed E-state index contributed by atoms with van der Waals surface area (Å²) in [5.74, 6) is 0.951. The Balaban J connectivity index is 1.42. The molecule has 4 nitrogen and oxygen atoms in total. The van der Waals surface area contributed by atoms with E-state index in [1.165, 1.54) is 45.4 Å². The van der Waals surface area contributed by atoms with E-state index in [1.807, 2.05) is 0 Å². The molecule has 17 heavy (non-hydrogen) atoms. The van der Waals surface area contributed by atoms with Crippen LogP contribution >= 0.6 is 0 Å². The Morgan fingerprint density at radius 2 is 1.88 bits per heavy atom. The first-order valence-corrected chi connectivity index (χ1v) is 7.16. The van der Waals surface area contributed by atoms with Gasteiger partial charge < -0.3 is 15.4 Å². The Morgan fingerprint density at radius 1 is 1.12 bits per heavy atom. The molecular weight excluding hydrogens is 214 g/mol. The summed E-state index contributed by atoms with van der Waals surface area (Å²) >= 11 is 0. The maximum atomic E-state index is 5.34. The minimum atomic E-state index is 0.912. The number of ether oxygens (including phenoxy) is 1. The highest BCUT2D eigenvalue weighted by Crippen LogP contribution is 2.14. The number of piperidine rings is 1. The second-order valence-corrected chi connectivity index (χ2v) is 5.19. The van der Waals surface area contributed by atoms with E-state index in [-0.39, 0.29) is 0 Å². The largest absolute Gasteiger partial charge is 0.379 e. The van der Waals surface area contributed by atoms with Gasteiger partial charge in [-0.25, -0.2) is 0 Å². The normalized spacial score (nSPS) is 24.0. The van der Waals surface area contributed by atoms with Crippen molar-refractivity contribution < 1.29 is 4.74 Å². The molecule has 2 saturated heterocycles. The van der Waals surface area contributed by atoms with Crippen molar-refractivity contribution in [3.63, 3.8) is 0 Å². The summed E-state index contributed by atoms with van der Waals surface area (Å²) in [6.07, 6.45) is 4.08. The van der Waals surface area contributed by atoms with Gasteiger partial charge in [-0.05, 0) is 44.8 Å². The lowest BCUT2D eigenvalue weighted by Gasteiger charge is -2.27.